The molecule has 0 fully saturated rings. The second-order valence-corrected chi connectivity index (χ2v) is 5.84. The lowest BCUT2D eigenvalue weighted by molar-refractivity contribution is -0.156. The first-order valence-corrected chi connectivity index (χ1v) is 6.32. The third-order valence-electron chi connectivity index (χ3n) is 2.12. The Morgan fingerprint density at radius 2 is 1.78 bits per heavy atom. The third kappa shape index (κ3) is 4.48. The molecule has 0 saturated carbocycles. The van der Waals surface area contributed by atoms with Crippen LogP contribution in [0.3, 0.4) is 0 Å². The number of hydrogen-bond donors (Lipinski definition) is 1. The SMILES string of the molecule is CC(C)(C)OC(=O)C(Cl)[C@@H](O)c1ccc(Cl)cc1. The summed E-state index contributed by atoms with van der Waals surface area (Å²) in [7, 11) is 0. The van der Waals surface area contributed by atoms with Gasteiger partial charge in [-0.2, -0.15) is 0 Å². The van der Waals surface area contributed by atoms with Crippen molar-refractivity contribution in [2.45, 2.75) is 37.9 Å². The standard InChI is InChI=1S/C13H16Cl2O3/c1-13(2,3)18-12(17)10(15)11(16)8-4-6-9(14)7-5-8/h4-7,10-11,16H,1-3H3/t10?,11-/m0/s1. The van der Waals surface area contributed by atoms with Crippen LogP contribution in [0, 0.1) is 0 Å². The van der Waals surface area contributed by atoms with Crippen molar-refractivity contribution in [1.82, 2.24) is 0 Å². The highest BCUT2D eigenvalue weighted by molar-refractivity contribution is 6.31. The number of halogens is 2. The summed E-state index contributed by atoms with van der Waals surface area (Å²) < 4.78 is 5.11. The number of hydrogen-bond acceptors (Lipinski definition) is 3. The largest absolute Gasteiger partial charge is 0.459 e. The van der Waals surface area contributed by atoms with Gasteiger partial charge in [-0.25, -0.2) is 0 Å². The summed E-state index contributed by atoms with van der Waals surface area (Å²) in [5.41, 5.74) is -0.116. The minimum absolute atomic E-state index is 0.519. The Morgan fingerprint density at radius 1 is 1.28 bits per heavy atom. The lowest BCUT2D eigenvalue weighted by Gasteiger charge is -2.23. The van der Waals surface area contributed by atoms with Crippen LogP contribution in [0.2, 0.25) is 5.02 Å². The van der Waals surface area contributed by atoms with E-state index in [9.17, 15) is 9.90 Å². The summed E-state index contributed by atoms with van der Waals surface area (Å²) in [6.07, 6.45) is -1.13. The van der Waals surface area contributed by atoms with Gasteiger partial charge in [0, 0.05) is 5.02 Å². The molecule has 2 atom stereocenters. The number of benzene rings is 1. The van der Waals surface area contributed by atoms with E-state index in [4.69, 9.17) is 27.9 Å². The Labute approximate surface area is 117 Å². The van der Waals surface area contributed by atoms with Gasteiger partial charge >= 0.3 is 5.97 Å². The summed E-state index contributed by atoms with van der Waals surface area (Å²) in [6.45, 7) is 5.22. The van der Waals surface area contributed by atoms with Crippen LogP contribution in [0.1, 0.15) is 32.4 Å². The van der Waals surface area contributed by atoms with Crippen molar-refractivity contribution in [1.29, 1.82) is 0 Å². The molecule has 0 amide bonds. The minimum Gasteiger partial charge on any atom is -0.459 e. The van der Waals surface area contributed by atoms with Crippen LogP contribution in [-0.2, 0) is 9.53 Å². The molecule has 0 bridgehead atoms. The molecule has 100 valence electrons. The Balaban J connectivity index is 2.74. The Bertz CT molecular complexity index is 409. The van der Waals surface area contributed by atoms with E-state index in [0.717, 1.165) is 0 Å². The molecule has 0 aliphatic carbocycles. The number of aliphatic hydroxyl groups excluding tert-OH is 1. The lowest BCUT2D eigenvalue weighted by Crippen LogP contribution is -2.32. The fraction of sp³-hybridized carbons (Fsp3) is 0.462. The first-order valence-electron chi connectivity index (χ1n) is 5.51. The van der Waals surface area contributed by atoms with Gasteiger partial charge in [0.1, 0.15) is 11.7 Å². The predicted octanol–water partition coefficient (Wildman–Crippen LogP) is 3.32. The molecule has 0 aliphatic rings. The van der Waals surface area contributed by atoms with Crippen LogP contribution in [-0.4, -0.2) is 22.1 Å². The molecular formula is C13H16Cl2O3. The Morgan fingerprint density at radius 3 is 2.22 bits per heavy atom. The van der Waals surface area contributed by atoms with Crippen molar-refractivity contribution in [2.24, 2.45) is 0 Å². The zero-order valence-corrected chi connectivity index (χ0v) is 12.0. The Hall–Kier alpha value is -0.770. The summed E-state index contributed by atoms with van der Waals surface area (Å²) in [5, 5.41) is 9.37. The molecule has 1 N–H and O–H groups in total. The molecule has 1 aromatic carbocycles. The van der Waals surface area contributed by atoms with Crippen molar-refractivity contribution >= 4 is 29.2 Å². The van der Waals surface area contributed by atoms with E-state index >= 15 is 0 Å². The van der Waals surface area contributed by atoms with Gasteiger partial charge in [0.25, 0.3) is 0 Å². The van der Waals surface area contributed by atoms with E-state index in [0.29, 0.717) is 10.6 Å². The number of carbonyl (C=O) groups is 1. The maximum atomic E-state index is 11.7. The van der Waals surface area contributed by atoms with E-state index in [1.807, 2.05) is 0 Å². The molecular weight excluding hydrogens is 275 g/mol. The summed E-state index contributed by atoms with van der Waals surface area (Å²) in [6, 6.07) is 6.48. The fourth-order valence-electron chi connectivity index (χ4n) is 1.32. The topological polar surface area (TPSA) is 46.5 Å². The summed E-state index contributed by atoms with van der Waals surface area (Å²) in [4.78, 5) is 11.7. The van der Waals surface area contributed by atoms with Crippen molar-refractivity contribution < 1.29 is 14.6 Å². The monoisotopic (exact) mass is 290 g/mol. The molecule has 0 aliphatic heterocycles. The van der Waals surface area contributed by atoms with Gasteiger partial charge in [0.05, 0.1) is 0 Å². The van der Waals surface area contributed by atoms with Crippen LogP contribution in [0.5, 0.6) is 0 Å². The van der Waals surface area contributed by atoms with Gasteiger partial charge in [-0.3, -0.25) is 4.79 Å². The summed E-state index contributed by atoms with van der Waals surface area (Å²) >= 11 is 11.6. The van der Waals surface area contributed by atoms with Gasteiger partial charge in [-0.05, 0) is 38.5 Å². The number of esters is 1. The first-order chi connectivity index (χ1) is 8.20. The third-order valence-corrected chi connectivity index (χ3v) is 2.79. The van der Waals surface area contributed by atoms with E-state index in [1.165, 1.54) is 0 Å². The van der Waals surface area contributed by atoms with Gasteiger partial charge in [-0.15, -0.1) is 11.6 Å². The first kappa shape index (κ1) is 15.3. The molecule has 0 radical (unpaired) electrons. The van der Waals surface area contributed by atoms with E-state index < -0.39 is 23.1 Å². The molecule has 1 rings (SSSR count). The average molecular weight is 291 g/mol. The molecule has 0 spiro atoms. The highest BCUT2D eigenvalue weighted by Gasteiger charge is 2.30. The molecule has 1 unspecified atom stereocenters. The van der Waals surface area contributed by atoms with Gasteiger partial charge < -0.3 is 9.84 Å². The highest BCUT2D eigenvalue weighted by atomic mass is 35.5. The van der Waals surface area contributed by atoms with Gasteiger partial charge in [-0.1, -0.05) is 23.7 Å². The molecule has 0 aromatic heterocycles. The van der Waals surface area contributed by atoms with Crippen LogP contribution < -0.4 is 0 Å². The fourth-order valence-corrected chi connectivity index (χ4v) is 1.63. The minimum atomic E-state index is -1.15. The molecule has 0 saturated heterocycles. The van der Waals surface area contributed by atoms with Gasteiger partial charge in [0.2, 0.25) is 0 Å². The number of aliphatic hydroxyl groups is 1. The highest BCUT2D eigenvalue weighted by Crippen LogP contribution is 2.25. The summed E-state index contributed by atoms with van der Waals surface area (Å²) in [5.74, 6) is -0.647. The van der Waals surface area contributed by atoms with Crippen molar-refractivity contribution in [3.63, 3.8) is 0 Å². The number of carbonyl (C=O) groups excluding carboxylic acids is 1. The lowest BCUT2D eigenvalue weighted by atomic mass is 10.1. The maximum Gasteiger partial charge on any atom is 0.327 e. The quantitative estimate of drug-likeness (QED) is 0.686. The second-order valence-electron chi connectivity index (χ2n) is 4.93. The Kier molecular flexibility index (Phi) is 5.02. The smallest absolute Gasteiger partial charge is 0.327 e. The molecule has 0 heterocycles. The van der Waals surface area contributed by atoms with Crippen LogP contribution >= 0.6 is 23.2 Å². The van der Waals surface area contributed by atoms with Crippen molar-refractivity contribution in [3.8, 4) is 0 Å². The van der Waals surface area contributed by atoms with Gasteiger partial charge in [0.15, 0.2) is 5.38 Å². The number of ether oxygens (including phenoxy) is 1. The molecule has 3 nitrogen and oxygen atoms in total. The average Bonchev–Trinajstić information content (AvgIpc) is 2.26. The number of alkyl halides is 1. The predicted molar refractivity (Wildman–Crippen MR) is 71.9 cm³/mol. The second kappa shape index (κ2) is 5.91. The van der Waals surface area contributed by atoms with E-state index in [1.54, 1.807) is 45.0 Å². The van der Waals surface area contributed by atoms with Crippen LogP contribution in [0.4, 0.5) is 0 Å². The molecule has 18 heavy (non-hydrogen) atoms. The number of rotatable bonds is 3. The molecule has 1 aromatic rings. The zero-order chi connectivity index (χ0) is 13.9. The normalized spacial score (nSPS) is 15.0. The zero-order valence-electron chi connectivity index (χ0n) is 10.5. The van der Waals surface area contributed by atoms with Crippen molar-refractivity contribution in [2.75, 3.05) is 0 Å². The maximum absolute atomic E-state index is 11.7. The van der Waals surface area contributed by atoms with E-state index in [2.05, 4.69) is 0 Å². The van der Waals surface area contributed by atoms with Crippen molar-refractivity contribution in [3.05, 3.63) is 34.9 Å². The van der Waals surface area contributed by atoms with Crippen LogP contribution in [0.15, 0.2) is 24.3 Å². The van der Waals surface area contributed by atoms with E-state index in [-0.39, 0.29) is 0 Å². The molecule has 5 heteroatoms. The van der Waals surface area contributed by atoms with Crippen LogP contribution in [0.25, 0.3) is 0 Å².